The molecule has 0 amide bonds. The quantitative estimate of drug-likeness (QED) is 0.688. The molecule has 2 heteroatoms. The number of nitrogens with zero attached hydrogens (tertiary/aromatic N) is 2. The van der Waals surface area contributed by atoms with Gasteiger partial charge in [-0.15, -0.1) is 5.92 Å². The van der Waals surface area contributed by atoms with Gasteiger partial charge in [0, 0.05) is 31.5 Å². The monoisotopic (exact) mass is 278 g/mol. The maximum Gasteiger partial charge on any atom is 0.0227 e. The fourth-order valence-corrected chi connectivity index (χ4v) is 2.65. The first-order valence-corrected chi connectivity index (χ1v) is 8.43. The van der Waals surface area contributed by atoms with Crippen LogP contribution in [-0.2, 0) is 0 Å². The summed E-state index contributed by atoms with van der Waals surface area (Å²) in [6.45, 7) is 15.1. The van der Waals surface area contributed by atoms with Crippen LogP contribution in [0.1, 0.15) is 47.0 Å². The molecule has 1 aliphatic rings. The molecule has 0 N–H and O–H groups in total. The van der Waals surface area contributed by atoms with Gasteiger partial charge in [-0.1, -0.05) is 40.0 Å². The highest BCUT2D eigenvalue weighted by molar-refractivity contribution is 5.06. The minimum absolute atomic E-state index is 0.516. The standard InChI is InChI=1S/C18H34N2/c1-6-17(4)15-19(5)13-14-20-11-9-18(10-12-20)8-7-16(2)3/h16-18H,6,9-15H2,1-5H3. The Morgan fingerprint density at radius 3 is 2.40 bits per heavy atom. The van der Waals surface area contributed by atoms with E-state index in [9.17, 15) is 0 Å². The largest absolute Gasteiger partial charge is 0.305 e. The van der Waals surface area contributed by atoms with Crippen molar-refractivity contribution in [3.8, 4) is 11.8 Å². The third kappa shape index (κ3) is 7.31. The Balaban J connectivity index is 2.18. The van der Waals surface area contributed by atoms with E-state index in [1.807, 2.05) is 0 Å². The first kappa shape index (κ1) is 17.5. The van der Waals surface area contributed by atoms with Gasteiger partial charge in [-0.3, -0.25) is 0 Å². The van der Waals surface area contributed by atoms with E-state index < -0.39 is 0 Å². The fraction of sp³-hybridized carbons (Fsp3) is 0.889. The molecule has 1 unspecified atom stereocenters. The van der Waals surface area contributed by atoms with Gasteiger partial charge in [0.2, 0.25) is 0 Å². The topological polar surface area (TPSA) is 6.48 Å². The van der Waals surface area contributed by atoms with Crippen LogP contribution in [0.25, 0.3) is 0 Å². The highest BCUT2D eigenvalue weighted by Crippen LogP contribution is 2.16. The first-order chi connectivity index (χ1) is 9.51. The van der Waals surface area contributed by atoms with Gasteiger partial charge in [0.15, 0.2) is 0 Å². The summed E-state index contributed by atoms with van der Waals surface area (Å²) in [6, 6.07) is 0. The molecule has 1 saturated heterocycles. The van der Waals surface area contributed by atoms with Crippen LogP contribution in [0.2, 0.25) is 0 Å². The van der Waals surface area contributed by atoms with Crippen LogP contribution >= 0.6 is 0 Å². The van der Waals surface area contributed by atoms with Crippen molar-refractivity contribution in [1.29, 1.82) is 0 Å². The summed E-state index contributed by atoms with van der Waals surface area (Å²) < 4.78 is 0. The second-order valence-electron chi connectivity index (χ2n) is 6.83. The van der Waals surface area contributed by atoms with Gasteiger partial charge >= 0.3 is 0 Å². The summed E-state index contributed by atoms with van der Waals surface area (Å²) in [5.41, 5.74) is 0. The van der Waals surface area contributed by atoms with E-state index in [4.69, 9.17) is 0 Å². The number of hydrogen-bond acceptors (Lipinski definition) is 2. The molecule has 2 nitrogen and oxygen atoms in total. The summed E-state index contributed by atoms with van der Waals surface area (Å²) in [4.78, 5) is 5.10. The molecule has 1 aliphatic heterocycles. The molecule has 0 bridgehead atoms. The van der Waals surface area contributed by atoms with Gasteiger partial charge < -0.3 is 9.80 Å². The normalized spacial score (nSPS) is 19.1. The molecule has 0 aromatic carbocycles. The van der Waals surface area contributed by atoms with E-state index in [-0.39, 0.29) is 0 Å². The second kappa shape index (κ2) is 9.42. The maximum absolute atomic E-state index is 3.45. The number of likely N-dealkylation sites (tertiary alicyclic amines) is 1. The van der Waals surface area contributed by atoms with Crippen molar-refractivity contribution in [3.63, 3.8) is 0 Å². The lowest BCUT2D eigenvalue weighted by Crippen LogP contribution is -2.39. The van der Waals surface area contributed by atoms with Crippen molar-refractivity contribution >= 4 is 0 Å². The SMILES string of the molecule is CCC(C)CN(C)CCN1CCC(C#CC(C)C)CC1. The molecule has 0 aromatic heterocycles. The molecule has 0 radical (unpaired) electrons. The van der Waals surface area contributed by atoms with E-state index in [1.165, 1.54) is 52.0 Å². The molecular formula is C18H34N2. The minimum Gasteiger partial charge on any atom is -0.305 e. The van der Waals surface area contributed by atoms with E-state index in [0.29, 0.717) is 11.8 Å². The Labute approximate surface area is 126 Å². The summed E-state index contributed by atoms with van der Waals surface area (Å²) in [7, 11) is 2.26. The van der Waals surface area contributed by atoms with Crippen LogP contribution in [0.15, 0.2) is 0 Å². The van der Waals surface area contributed by atoms with Crippen LogP contribution < -0.4 is 0 Å². The van der Waals surface area contributed by atoms with E-state index in [1.54, 1.807) is 0 Å². The molecule has 0 aliphatic carbocycles. The molecule has 1 atom stereocenters. The lowest BCUT2D eigenvalue weighted by molar-refractivity contribution is 0.173. The molecule has 116 valence electrons. The predicted molar refractivity (Wildman–Crippen MR) is 88.7 cm³/mol. The average Bonchev–Trinajstić information content (AvgIpc) is 2.43. The molecule has 1 rings (SSSR count). The van der Waals surface area contributed by atoms with Crippen LogP contribution in [0, 0.1) is 29.6 Å². The average molecular weight is 278 g/mol. The third-order valence-electron chi connectivity index (χ3n) is 4.28. The van der Waals surface area contributed by atoms with Gasteiger partial charge in [-0.05, 0) is 38.9 Å². The van der Waals surface area contributed by atoms with Gasteiger partial charge in [-0.2, -0.15) is 0 Å². The minimum atomic E-state index is 0.516. The summed E-state index contributed by atoms with van der Waals surface area (Å²) >= 11 is 0. The zero-order valence-electron chi connectivity index (χ0n) is 14.3. The maximum atomic E-state index is 3.45. The van der Waals surface area contributed by atoms with Gasteiger partial charge in [0.25, 0.3) is 0 Å². The van der Waals surface area contributed by atoms with E-state index in [2.05, 4.69) is 56.4 Å². The zero-order valence-corrected chi connectivity index (χ0v) is 14.3. The van der Waals surface area contributed by atoms with Crippen molar-refractivity contribution in [1.82, 2.24) is 9.80 Å². The first-order valence-electron chi connectivity index (χ1n) is 8.43. The summed E-state index contributed by atoms with van der Waals surface area (Å²) in [6.07, 6.45) is 3.80. The second-order valence-corrected chi connectivity index (χ2v) is 6.83. The number of rotatable bonds is 6. The fourth-order valence-electron chi connectivity index (χ4n) is 2.65. The van der Waals surface area contributed by atoms with Crippen LogP contribution in [-0.4, -0.2) is 49.6 Å². The zero-order chi connectivity index (χ0) is 15.0. The van der Waals surface area contributed by atoms with Crippen LogP contribution in [0.5, 0.6) is 0 Å². The van der Waals surface area contributed by atoms with Crippen LogP contribution in [0.3, 0.4) is 0 Å². The smallest absolute Gasteiger partial charge is 0.0227 e. The highest BCUT2D eigenvalue weighted by atomic mass is 15.2. The van der Waals surface area contributed by atoms with E-state index >= 15 is 0 Å². The Hall–Kier alpha value is -0.520. The molecule has 1 heterocycles. The highest BCUT2D eigenvalue weighted by Gasteiger charge is 2.17. The predicted octanol–water partition coefficient (Wildman–Crippen LogP) is 3.34. The Morgan fingerprint density at radius 1 is 1.20 bits per heavy atom. The lowest BCUT2D eigenvalue weighted by Gasteiger charge is -2.31. The molecule has 20 heavy (non-hydrogen) atoms. The van der Waals surface area contributed by atoms with Crippen molar-refractivity contribution < 1.29 is 0 Å². The summed E-state index contributed by atoms with van der Waals surface area (Å²) in [5.74, 6) is 8.76. The van der Waals surface area contributed by atoms with Crippen molar-refractivity contribution in [2.45, 2.75) is 47.0 Å². The number of hydrogen-bond donors (Lipinski definition) is 0. The lowest BCUT2D eigenvalue weighted by atomic mass is 9.97. The van der Waals surface area contributed by atoms with Crippen molar-refractivity contribution in [3.05, 3.63) is 0 Å². The van der Waals surface area contributed by atoms with Crippen molar-refractivity contribution in [2.75, 3.05) is 39.8 Å². The molecule has 1 fully saturated rings. The van der Waals surface area contributed by atoms with E-state index in [0.717, 1.165) is 5.92 Å². The number of likely N-dealkylation sites (N-methyl/N-ethyl adjacent to an activating group) is 1. The van der Waals surface area contributed by atoms with Gasteiger partial charge in [0.1, 0.15) is 0 Å². The molecule has 0 saturated carbocycles. The van der Waals surface area contributed by atoms with Crippen LogP contribution in [0.4, 0.5) is 0 Å². The van der Waals surface area contributed by atoms with Crippen molar-refractivity contribution in [2.24, 2.45) is 17.8 Å². The van der Waals surface area contributed by atoms with Gasteiger partial charge in [0.05, 0.1) is 0 Å². The Kier molecular flexibility index (Phi) is 8.26. The molecule has 0 spiro atoms. The third-order valence-corrected chi connectivity index (χ3v) is 4.28. The number of piperidine rings is 1. The summed E-state index contributed by atoms with van der Waals surface area (Å²) in [5, 5.41) is 0. The molecule has 0 aromatic rings. The Morgan fingerprint density at radius 2 is 1.85 bits per heavy atom. The van der Waals surface area contributed by atoms with Gasteiger partial charge in [-0.25, -0.2) is 0 Å². The Bertz CT molecular complexity index is 305. The molecular weight excluding hydrogens is 244 g/mol.